The van der Waals surface area contributed by atoms with Crippen molar-refractivity contribution < 1.29 is 9.53 Å². The Morgan fingerprint density at radius 1 is 1.00 bits per heavy atom. The molecule has 0 N–H and O–H groups in total. The van der Waals surface area contributed by atoms with Crippen LogP contribution in [0.15, 0.2) is 16.8 Å². The molecule has 0 unspecified atom stereocenters. The average Bonchev–Trinajstić information content (AvgIpc) is 3.50. The molecule has 0 spiro atoms. The topological polar surface area (TPSA) is 38.7 Å². The first-order valence-corrected chi connectivity index (χ1v) is 16.1. The van der Waals surface area contributed by atoms with E-state index in [1.165, 1.54) is 69.8 Å². The van der Waals surface area contributed by atoms with Crippen molar-refractivity contribution in [2.24, 2.45) is 57.2 Å². The van der Waals surface area contributed by atoms with Gasteiger partial charge in [-0.2, -0.15) is 0 Å². The van der Waals surface area contributed by atoms with E-state index in [1.807, 2.05) is 12.4 Å². The fourth-order valence-electron chi connectivity index (χ4n) is 10.4. The zero-order valence-electron chi connectivity index (χ0n) is 24.6. The number of esters is 1. The van der Waals surface area contributed by atoms with Gasteiger partial charge in [-0.05, 0) is 122 Å². The first-order chi connectivity index (χ1) is 17.7. The molecule has 1 aliphatic heterocycles. The van der Waals surface area contributed by atoms with Crippen molar-refractivity contribution in [1.29, 1.82) is 0 Å². The van der Waals surface area contributed by atoms with Gasteiger partial charge in [0.05, 0.1) is 0 Å². The Bertz CT molecular complexity index is 875. The zero-order chi connectivity index (χ0) is 26.2. The monoisotopic (exact) mass is 509 g/mol. The molecule has 0 amide bonds. The first kappa shape index (κ1) is 27.4. The van der Waals surface area contributed by atoms with Gasteiger partial charge in [0.15, 0.2) is 0 Å². The van der Waals surface area contributed by atoms with Gasteiger partial charge in [-0.15, -0.1) is 0 Å². The summed E-state index contributed by atoms with van der Waals surface area (Å²) >= 11 is 0. The first-order valence-electron chi connectivity index (χ1n) is 16.1. The summed E-state index contributed by atoms with van der Waals surface area (Å²) in [4.78, 5) is 16.7. The van der Waals surface area contributed by atoms with Crippen molar-refractivity contribution in [3.8, 4) is 0 Å². The van der Waals surface area contributed by atoms with E-state index in [4.69, 9.17) is 4.74 Å². The largest absolute Gasteiger partial charge is 0.462 e. The predicted octanol–water partition coefficient (Wildman–Crippen LogP) is 9.16. The Balaban J connectivity index is 1.16. The van der Waals surface area contributed by atoms with Crippen LogP contribution in [0.25, 0.3) is 0 Å². The standard InChI is InChI=1S/C34H55NO2/c1-23(2)7-6-8-24(3)29-12-13-30-28-11-10-26-21-27(37-32(36)14-9-25-17-20-35-22-25)15-18-33(26,4)31(28)16-19-34(29,30)5/h20,22-24,26-31H,6-19,21H2,1-5H3/t24-,26-,27+,28+,29-,30+,31+,33+,34-/m1/s1. The molecular formula is C34H55NO2. The second kappa shape index (κ2) is 11.2. The molecule has 9 atom stereocenters. The number of ether oxygens (including phenoxy) is 1. The Hall–Kier alpha value is -1.12. The highest BCUT2D eigenvalue weighted by Gasteiger charge is 2.60. The smallest absolute Gasteiger partial charge is 0.306 e. The Labute approximate surface area is 227 Å². The van der Waals surface area contributed by atoms with Crippen molar-refractivity contribution in [3.63, 3.8) is 0 Å². The Morgan fingerprint density at radius 2 is 1.78 bits per heavy atom. The number of allylic oxidation sites excluding steroid dienone is 1. The van der Waals surface area contributed by atoms with Crippen molar-refractivity contribution in [1.82, 2.24) is 0 Å². The molecule has 208 valence electrons. The van der Waals surface area contributed by atoms with Gasteiger partial charge in [0.2, 0.25) is 0 Å². The summed E-state index contributed by atoms with van der Waals surface area (Å²) in [5.41, 5.74) is 2.30. The molecule has 0 aromatic rings. The SMILES string of the molecule is CC(C)CCC[C@@H](C)[C@H]1CC[C@H]2[C@@H]3CC[C@@H]4C[C@@H](OC(=O)CCC5=CN=CC5)CC[C@]4(C)[C@H]3CC[C@]12C. The van der Waals surface area contributed by atoms with Crippen LogP contribution in [0, 0.1) is 52.3 Å². The molecule has 0 aromatic heterocycles. The van der Waals surface area contributed by atoms with Crippen LogP contribution >= 0.6 is 0 Å². The zero-order valence-corrected chi connectivity index (χ0v) is 24.6. The maximum Gasteiger partial charge on any atom is 0.306 e. The lowest BCUT2D eigenvalue weighted by molar-refractivity contribution is -0.162. The van der Waals surface area contributed by atoms with Crippen LogP contribution in [0.3, 0.4) is 0 Å². The minimum atomic E-state index is 0.00281. The molecular weight excluding hydrogens is 454 g/mol. The van der Waals surface area contributed by atoms with Gasteiger partial charge < -0.3 is 4.74 Å². The average molecular weight is 510 g/mol. The summed E-state index contributed by atoms with van der Waals surface area (Å²) in [6.45, 7) is 12.7. The lowest BCUT2D eigenvalue weighted by Gasteiger charge is -2.61. The minimum absolute atomic E-state index is 0.00281. The molecule has 5 rings (SSSR count). The van der Waals surface area contributed by atoms with E-state index in [0.29, 0.717) is 17.3 Å². The summed E-state index contributed by atoms with van der Waals surface area (Å²) in [7, 11) is 0. The molecule has 4 saturated carbocycles. The van der Waals surface area contributed by atoms with E-state index >= 15 is 0 Å². The molecule has 3 nitrogen and oxygen atoms in total. The lowest BCUT2D eigenvalue weighted by Crippen LogP contribution is -2.54. The predicted molar refractivity (Wildman–Crippen MR) is 153 cm³/mol. The highest BCUT2D eigenvalue weighted by molar-refractivity contribution is 5.71. The quantitative estimate of drug-likeness (QED) is 0.291. The van der Waals surface area contributed by atoms with E-state index in [-0.39, 0.29) is 12.1 Å². The number of hydrogen-bond donors (Lipinski definition) is 0. The fraction of sp³-hybridized carbons (Fsp3) is 0.882. The number of rotatable bonds is 9. The molecule has 1 heterocycles. The number of carbonyl (C=O) groups is 1. The van der Waals surface area contributed by atoms with Crippen molar-refractivity contribution >= 4 is 12.2 Å². The van der Waals surface area contributed by atoms with Crippen LogP contribution in [-0.2, 0) is 9.53 Å². The normalized spacial score (nSPS) is 41.6. The summed E-state index contributed by atoms with van der Waals surface area (Å²) in [5.74, 6) is 6.20. The lowest BCUT2D eigenvalue weighted by atomic mass is 9.44. The van der Waals surface area contributed by atoms with Crippen LogP contribution in [-0.4, -0.2) is 18.3 Å². The molecule has 0 radical (unpaired) electrons. The highest BCUT2D eigenvalue weighted by atomic mass is 16.5. The van der Waals surface area contributed by atoms with Crippen molar-refractivity contribution in [2.75, 3.05) is 0 Å². The molecule has 0 saturated heterocycles. The molecule has 0 aromatic carbocycles. The van der Waals surface area contributed by atoms with Gasteiger partial charge >= 0.3 is 5.97 Å². The maximum atomic E-state index is 12.6. The van der Waals surface area contributed by atoms with Gasteiger partial charge in [-0.1, -0.05) is 53.9 Å². The summed E-state index contributed by atoms with van der Waals surface area (Å²) in [6.07, 6.45) is 22.5. The van der Waals surface area contributed by atoms with Crippen LogP contribution < -0.4 is 0 Å². The summed E-state index contributed by atoms with van der Waals surface area (Å²) < 4.78 is 6.05. The summed E-state index contributed by atoms with van der Waals surface area (Å²) in [5, 5.41) is 0. The van der Waals surface area contributed by atoms with E-state index in [9.17, 15) is 4.79 Å². The van der Waals surface area contributed by atoms with Crippen LogP contribution in [0.1, 0.15) is 131 Å². The van der Waals surface area contributed by atoms with Crippen LogP contribution in [0.2, 0.25) is 0 Å². The third-order valence-corrected chi connectivity index (χ3v) is 12.5. The Kier molecular flexibility index (Phi) is 8.28. The van der Waals surface area contributed by atoms with Crippen molar-refractivity contribution in [3.05, 3.63) is 11.8 Å². The van der Waals surface area contributed by atoms with Crippen molar-refractivity contribution in [2.45, 2.75) is 137 Å². The number of carbonyl (C=O) groups excluding carboxylic acids is 1. The third-order valence-electron chi connectivity index (χ3n) is 12.5. The van der Waals surface area contributed by atoms with E-state index in [0.717, 1.165) is 67.1 Å². The van der Waals surface area contributed by atoms with Gasteiger partial charge in [0, 0.05) is 25.3 Å². The number of fused-ring (bicyclic) bond motifs is 5. The Morgan fingerprint density at radius 3 is 2.54 bits per heavy atom. The fourth-order valence-corrected chi connectivity index (χ4v) is 10.4. The van der Waals surface area contributed by atoms with E-state index in [1.54, 1.807) is 0 Å². The summed E-state index contributed by atoms with van der Waals surface area (Å²) in [6, 6.07) is 0. The molecule has 37 heavy (non-hydrogen) atoms. The van der Waals surface area contributed by atoms with Gasteiger partial charge in [-0.25, -0.2) is 0 Å². The number of aliphatic imine (C=N–C) groups is 1. The van der Waals surface area contributed by atoms with E-state index < -0.39 is 0 Å². The van der Waals surface area contributed by atoms with Crippen LogP contribution in [0.4, 0.5) is 0 Å². The number of nitrogens with zero attached hydrogens (tertiary/aromatic N) is 1. The van der Waals surface area contributed by atoms with Gasteiger partial charge in [-0.3, -0.25) is 9.79 Å². The molecule has 5 aliphatic rings. The van der Waals surface area contributed by atoms with Crippen LogP contribution in [0.5, 0.6) is 0 Å². The minimum Gasteiger partial charge on any atom is -0.462 e. The molecule has 4 aliphatic carbocycles. The molecule has 3 heteroatoms. The highest BCUT2D eigenvalue weighted by Crippen LogP contribution is 2.68. The second-order valence-corrected chi connectivity index (χ2v) is 14.9. The van der Waals surface area contributed by atoms with E-state index in [2.05, 4.69) is 39.6 Å². The molecule has 4 fully saturated rings. The third kappa shape index (κ3) is 5.49. The molecule has 0 bridgehead atoms. The second-order valence-electron chi connectivity index (χ2n) is 14.9. The maximum absolute atomic E-state index is 12.6. The number of hydrogen-bond acceptors (Lipinski definition) is 3. The van der Waals surface area contributed by atoms with Gasteiger partial charge in [0.25, 0.3) is 0 Å². The van der Waals surface area contributed by atoms with Gasteiger partial charge in [0.1, 0.15) is 6.10 Å².